The highest BCUT2D eigenvalue weighted by molar-refractivity contribution is 5.83. The van der Waals surface area contributed by atoms with Crippen LogP contribution >= 0.6 is 0 Å². The van der Waals surface area contributed by atoms with Crippen LogP contribution in [0.5, 0.6) is 0 Å². The quantitative estimate of drug-likeness (QED) is 0.774. The van der Waals surface area contributed by atoms with Crippen LogP contribution in [0.1, 0.15) is 35.5 Å². The van der Waals surface area contributed by atoms with Crippen LogP contribution in [0.15, 0.2) is 47.0 Å². The van der Waals surface area contributed by atoms with Crippen molar-refractivity contribution in [3.8, 4) is 0 Å². The Morgan fingerprint density at radius 2 is 1.86 bits per heavy atom. The van der Waals surface area contributed by atoms with E-state index < -0.39 is 0 Å². The van der Waals surface area contributed by atoms with Crippen LogP contribution in [0.3, 0.4) is 0 Å². The van der Waals surface area contributed by atoms with Gasteiger partial charge >= 0.3 is 0 Å². The molecule has 3 nitrogen and oxygen atoms in total. The predicted molar refractivity (Wildman–Crippen MR) is 85.2 cm³/mol. The van der Waals surface area contributed by atoms with Crippen molar-refractivity contribution in [2.45, 2.75) is 33.4 Å². The smallest absolute Gasteiger partial charge is 0.138 e. The molecule has 2 aromatic carbocycles. The lowest BCUT2D eigenvalue weighted by molar-refractivity contribution is 0.391. The highest BCUT2D eigenvalue weighted by Gasteiger charge is 2.11. The number of nitrogens with one attached hydrogen (secondary N) is 1. The fourth-order valence-electron chi connectivity index (χ4n) is 2.60. The Morgan fingerprint density at radius 1 is 1.10 bits per heavy atom. The second kappa shape index (κ2) is 5.70. The van der Waals surface area contributed by atoms with E-state index in [4.69, 9.17) is 4.52 Å². The van der Waals surface area contributed by atoms with Crippen LogP contribution in [0.4, 0.5) is 0 Å². The molecular weight excluding hydrogens is 260 g/mol. The van der Waals surface area contributed by atoms with Crippen LogP contribution in [-0.4, -0.2) is 5.16 Å². The second-order valence-corrected chi connectivity index (χ2v) is 5.51. The van der Waals surface area contributed by atoms with E-state index >= 15 is 0 Å². The SMILES string of the molecule is Cc1noc(C)c1CN[C@H](C)c1ccc2ccccc2c1. The van der Waals surface area contributed by atoms with Crippen molar-refractivity contribution >= 4 is 10.8 Å². The third-order valence-corrected chi connectivity index (χ3v) is 4.04. The summed E-state index contributed by atoms with van der Waals surface area (Å²) in [6, 6.07) is 15.3. The molecule has 0 spiro atoms. The van der Waals surface area contributed by atoms with Gasteiger partial charge in [0.1, 0.15) is 5.76 Å². The van der Waals surface area contributed by atoms with Gasteiger partial charge in [0.05, 0.1) is 5.69 Å². The zero-order valence-electron chi connectivity index (χ0n) is 12.7. The first-order chi connectivity index (χ1) is 10.1. The summed E-state index contributed by atoms with van der Waals surface area (Å²) in [5.74, 6) is 0.894. The number of nitrogens with zero attached hydrogens (tertiary/aromatic N) is 1. The van der Waals surface area contributed by atoms with Crippen LogP contribution in [0, 0.1) is 13.8 Å². The number of benzene rings is 2. The number of fused-ring (bicyclic) bond motifs is 1. The largest absolute Gasteiger partial charge is 0.361 e. The molecule has 0 saturated heterocycles. The molecule has 1 heterocycles. The van der Waals surface area contributed by atoms with E-state index in [0.717, 1.165) is 23.6 Å². The molecule has 0 aliphatic rings. The average Bonchev–Trinajstić information content (AvgIpc) is 2.83. The van der Waals surface area contributed by atoms with Gasteiger partial charge in [-0.05, 0) is 43.2 Å². The molecule has 0 radical (unpaired) electrons. The summed E-state index contributed by atoms with van der Waals surface area (Å²) in [6.07, 6.45) is 0. The lowest BCUT2D eigenvalue weighted by Gasteiger charge is -2.15. The number of hydrogen-bond acceptors (Lipinski definition) is 3. The molecule has 3 aromatic rings. The second-order valence-electron chi connectivity index (χ2n) is 5.51. The Balaban J connectivity index is 1.76. The summed E-state index contributed by atoms with van der Waals surface area (Å²) < 4.78 is 5.20. The summed E-state index contributed by atoms with van der Waals surface area (Å²) in [5.41, 5.74) is 3.41. The standard InChI is InChI=1S/C18H20N2O/c1-12(19-11-18-13(2)20-21-14(18)3)16-9-8-15-6-4-5-7-17(15)10-16/h4-10,12,19H,11H2,1-3H3/t12-/m1/s1. The fraction of sp³-hybridized carbons (Fsp3) is 0.278. The van der Waals surface area contributed by atoms with E-state index in [1.165, 1.54) is 16.3 Å². The molecule has 108 valence electrons. The molecule has 1 aromatic heterocycles. The van der Waals surface area contributed by atoms with Gasteiger partial charge in [0.2, 0.25) is 0 Å². The zero-order valence-corrected chi connectivity index (χ0v) is 12.7. The Hall–Kier alpha value is -2.13. The summed E-state index contributed by atoms with van der Waals surface area (Å²) in [7, 11) is 0. The molecule has 0 saturated carbocycles. The molecule has 0 aliphatic heterocycles. The van der Waals surface area contributed by atoms with Gasteiger partial charge in [-0.3, -0.25) is 0 Å². The van der Waals surface area contributed by atoms with Crippen molar-refractivity contribution in [1.82, 2.24) is 10.5 Å². The van der Waals surface area contributed by atoms with Gasteiger partial charge in [0.25, 0.3) is 0 Å². The van der Waals surface area contributed by atoms with E-state index in [0.29, 0.717) is 0 Å². The van der Waals surface area contributed by atoms with E-state index in [-0.39, 0.29) is 6.04 Å². The molecule has 0 bridgehead atoms. The lowest BCUT2D eigenvalue weighted by atomic mass is 10.0. The molecular formula is C18H20N2O. The first kappa shape index (κ1) is 13.8. The number of hydrogen-bond donors (Lipinski definition) is 1. The Morgan fingerprint density at radius 3 is 2.57 bits per heavy atom. The molecule has 0 fully saturated rings. The maximum atomic E-state index is 5.20. The van der Waals surface area contributed by atoms with Gasteiger partial charge in [-0.2, -0.15) is 0 Å². The summed E-state index contributed by atoms with van der Waals surface area (Å²) in [6.45, 7) is 6.89. The van der Waals surface area contributed by atoms with Crippen molar-refractivity contribution in [2.75, 3.05) is 0 Å². The fourth-order valence-corrected chi connectivity index (χ4v) is 2.60. The van der Waals surface area contributed by atoms with Crippen molar-refractivity contribution in [2.24, 2.45) is 0 Å². The number of aryl methyl sites for hydroxylation is 2. The summed E-state index contributed by atoms with van der Waals surface area (Å²) >= 11 is 0. The first-order valence-corrected chi connectivity index (χ1v) is 7.29. The van der Waals surface area contributed by atoms with Crippen LogP contribution < -0.4 is 5.32 Å². The van der Waals surface area contributed by atoms with E-state index in [1.807, 2.05) is 13.8 Å². The minimum Gasteiger partial charge on any atom is -0.361 e. The van der Waals surface area contributed by atoms with Crippen LogP contribution in [0.25, 0.3) is 10.8 Å². The monoisotopic (exact) mass is 280 g/mol. The third-order valence-electron chi connectivity index (χ3n) is 4.04. The first-order valence-electron chi connectivity index (χ1n) is 7.29. The normalized spacial score (nSPS) is 12.7. The van der Waals surface area contributed by atoms with Crippen molar-refractivity contribution in [1.29, 1.82) is 0 Å². The molecule has 21 heavy (non-hydrogen) atoms. The topological polar surface area (TPSA) is 38.1 Å². The zero-order chi connectivity index (χ0) is 14.8. The van der Waals surface area contributed by atoms with Gasteiger partial charge in [0.15, 0.2) is 0 Å². The van der Waals surface area contributed by atoms with Gasteiger partial charge in [-0.25, -0.2) is 0 Å². The molecule has 0 unspecified atom stereocenters. The van der Waals surface area contributed by atoms with Crippen molar-refractivity contribution in [3.63, 3.8) is 0 Å². The maximum absolute atomic E-state index is 5.20. The van der Waals surface area contributed by atoms with Gasteiger partial charge in [0, 0.05) is 18.2 Å². The Bertz CT molecular complexity index is 741. The molecule has 0 amide bonds. The highest BCUT2D eigenvalue weighted by atomic mass is 16.5. The maximum Gasteiger partial charge on any atom is 0.138 e. The van der Waals surface area contributed by atoms with Gasteiger partial charge in [-0.1, -0.05) is 41.6 Å². The Labute approximate surface area is 125 Å². The van der Waals surface area contributed by atoms with E-state index in [1.54, 1.807) is 0 Å². The van der Waals surface area contributed by atoms with Gasteiger partial charge in [-0.15, -0.1) is 0 Å². The molecule has 3 heteroatoms. The van der Waals surface area contributed by atoms with E-state index in [9.17, 15) is 0 Å². The average molecular weight is 280 g/mol. The molecule has 1 N–H and O–H groups in total. The summed E-state index contributed by atoms with van der Waals surface area (Å²) in [5, 5.41) is 10.1. The number of rotatable bonds is 4. The number of aromatic nitrogens is 1. The van der Waals surface area contributed by atoms with Crippen molar-refractivity contribution < 1.29 is 4.52 Å². The highest BCUT2D eigenvalue weighted by Crippen LogP contribution is 2.21. The third kappa shape index (κ3) is 2.83. The Kier molecular flexibility index (Phi) is 3.76. The predicted octanol–water partition coefficient (Wildman–Crippen LogP) is 4.30. The lowest BCUT2D eigenvalue weighted by Crippen LogP contribution is -2.18. The van der Waals surface area contributed by atoms with E-state index in [2.05, 4.69) is 59.9 Å². The van der Waals surface area contributed by atoms with Crippen LogP contribution in [0.2, 0.25) is 0 Å². The van der Waals surface area contributed by atoms with Gasteiger partial charge < -0.3 is 9.84 Å². The molecule has 1 atom stereocenters. The molecule has 3 rings (SSSR count). The minimum absolute atomic E-state index is 0.281. The minimum atomic E-state index is 0.281. The molecule has 0 aliphatic carbocycles. The van der Waals surface area contributed by atoms with Crippen LogP contribution in [-0.2, 0) is 6.54 Å². The summed E-state index contributed by atoms with van der Waals surface area (Å²) in [4.78, 5) is 0. The van der Waals surface area contributed by atoms with Crippen molar-refractivity contribution in [3.05, 3.63) is 65.0 Å².